The highest BCUT2D eigenvalue weighted by molar-refractivity contribution is 5.65. The van der Waals surface area contributed by atoms with Crippen molar-refractivity contribution in [3.63, 3.8) is 0 Å². The molecule has 1 aliphatic rings. The molecule has 1 fully saturated rings. The fourth-order valence-electron chi connectivity index (χ4n) is 5.08. The first-order valence-corrected chi connectivity index (χ1v) is 13.2. The summed E-state index contributed by atoms with van der Waals surface area (Å²) in [4.78, 5) is 2.31. The van der Waals surface area contributed by atoms with Gasteiger partial charge in [-0.25, -0.2) is 0 Å². The summed E-state index contributed by atoms with van der Waals surface area (Å²) in [6.45, 7) is 2.19. The summed E-state index contributed by atoms with van der Waals surface area (Å²) in [5.74, 6) is 0. The SMILES string of the molecule is CN(Cc1ccccc1)C[C@@H]1C[C@H](c2ccc(CO)cc2)O[C@H](c2cccc(-c3cccc(CN)c3)c2)O1. The van der Waals surface area contributed by atoms with Gasteiger partial charge in [0.15, 0.2) is 6.29 Å². The maximum Gasteiger partial charge on any atom is 0.184 e. The summed E-state index contributed by atoms with van der Waals surface area (Å²) in [6, 6.07) is 35.3. The van der Waals surface area contributed by atoms with E-state index < -0.39 is 6.29 Å². The number of aliphatic hydroxyl groups excluding tert-OH is 1. The number of nitrogens with two attached hydrogens (primary N) is 1. The Morgan fingerprint density at radius 2 is 1.47 bits per heavy atom. The quantitative estimate of drug-likeness (QED) is 0.291. The molecule has 38 heavy (non-hydrogen) atoms. The van der Waals surface area contributed by atoms with Gasteiger partial charge in [-0.2, -0.15) is 0 Å². The number of aliphatic hydroxyl groups is 1. The van der Waals surface area contributed by atoms with Gasteiger partial charge >= 0.3 is 0 Å². The van der Waals surface area contributed by atoms with Gasteiger partial charge in [0, 0.05) is 31.6 Å². The zero-order chi connectivity index (χ0) is 26.3. The molecule has 0 aliphatic carbocycles. The van der Waals surface area contributed by atoms with Crippen LogP contribution < -0.4 is 5.73 Å². The second-order valence-corrected chi connectivity index (χ2v) is 10.1. The van der Waals surface area contributed by atoms with Crippen molar-refractivity contribution in [2.45, 2.75) is 44.6 Å². The highest BCUT2D eigenvalue weighted by Gasteiger charge is 2.33. The van der Waals surface area contributed by atoms with Gasteiger partial charge in [0.2, 0.25) is 0 Å². The third kappa shape index (κ3) is 6.57. The van der Waals surface area contributed by atoms with E-state index in [9.17, 15) is 5.11 Å². The molecule has 0 spiro atoms. The molecule has 5 rings (SSSR count). The van der Waals surface area contributed by atoms with E-state index in [1.165, 1.54) is 5.56 Å². The zero-order valence-electron chi connectivity index (χ0n) is 21.9. The Labute approximate surface area is 225 Å². The molecule has 1 heterocycles. The molecule has 4 aromatic rings. The van der Waals surface area contributed by atoms with E-state index in [0.717, 1.165) is 52.9 Å². The monoisotopic (exact) mass is 508 g/mol. The molecule has 0 bridgehead atoms. The molecule has 0 radical (unpaired) electrons. The third-order valence-corrected chi connectivity index (χ3v) is 7.08. The molecule has 3 N–H and O–H groups in total. The lowest BCUT2D eigenvalue weighted by Crippen LogP contribution is -2.37. The van der Waals surface area contributed by atoms with E-state index in [-0.39, 0.29) is 18.8 Å². The summed E-state index contributed by atoms with van der Waals surface area (Å²) in [6.07, 6.45) is 0.154. The molecule has 0 amide bonds. The third-order valence-electron chi connectivity index (χ3n) is 7.08. The van der Waals surface area contributed by atoms with E-state index in [2.05, 4.69) is 84.7 Å². The maximum absolute atomic E-state index is 9.48. The van der Waals surface area contributed by atoms with E-state index in [4.69, 9.17) is 15.2 Å². The van der Waals surface area contributed by atoms with Gasteiger partial charge in [-0.3, -0.25) is 4.90 Å². The summed E-state index contributed by atoms with van der Waals surface area (Å²) >= 11 is 0. The molecule has 0 unspecified atom stereocenters. The van der Waals surface area contributed by atoms with Crippen molar-refractivity contribution in [3.8, 4) is 11.1 Å². The summed E-state index contributed by atoms with van der Waals surface area (Å²) in [7, 11) is 2.14. The average Bonchev–Trinajstić information content (AvgIpc) is 2.97. The van der Waals surface area contributed by atoms with Crippen molar-refractivity contribution < 1.29 is 14.6 Å². The van der Waals surface area contributed by atoms with E-state index in [1.54, 1.807) is 0 Å². The Morgan fingerprint density at radius 1 is 0.763 bits per heavy atom. The van der Waals surface area contributed by atoms with Gasteiger partial charge in [-0.05, 0) is 52.6 Å². The van der Waals surface area contributed by atoms with Crippen LogP contribution in [0.2, 0.25) is 0 Å². The van der Waals surface area contributed by atoms with Crippen LogP contribution in [0.15, 0.2) is 103 Å². The molecule has 5 nitrogen and oxygen atoms in total. The van der Waals surface area contributed by atoms with Crippen LogP contribution in [0.1, 0.15) is 46.6 Å². The topological polar surface area (TPSA) is 68.0 Å². The van der Waals surface area contributed by atoms with Crippen LogP contribution in [0.4, 0.5) is 0 Å². The predicted molar refractivity (Wildman–Crippen MR) is 151 cm³/mol. The lowest BCUT2D eigenvalue weighted by atomic mass is 9.98. The molecule has 3 atom stereocenters. The maximum atomic E-state index is 9.48. The van der Waals surface area contributed by atoms with Gasteiger partial charge in [-0.1, -0.05) is 91.0 Å². The minimum atomic E-state index is -0.487. The minimum absolute atomic E-state index is 0.00537. The number of nitrogens with zero attached hydrogens (tertiary/aromatic N) is 1. The highest BCUT2D eigenvalue weighted by atomic mass is 16.7. The van der Waals surface area contributed by atoms with Crippen LogP contribution in [-0.4, -0.2) is 29.7 Å². The Hall–Kier alpha value is -3.32. The van der Waals surface area contributed by atoms with Crippen molar-refractivity contribution >= 4 is 0 Å². The van der Waals surface area contributed by atoms with Gasteiger partial charge in [0.1, 0.15) is 0 Å². The number of hydrogen-bond acceptors (Lipinski definition) is 5. The number of hydrogen-bond donors (Lipinski definition) is 2. The molecule has 1 aliphatic heterocycles. The summed E-state index contributed by atoms with van der Waals surface area (Å²) in [5.41, 5.74) is 13.5. The van der Waals surface area contributed by atoms with Crippen molar-refractivity contribution in [2.75, 3.05) is 13.6 Å². The molecule has 5 heteroatoms. The number of benzene rings is 4. The molecular weight excluding hydrogens is 472 g/mol. The van der Waals surface area contributed by atoms with Gasteiger partial charge in [0.25, 0.3) is 0 Å². The number of rotatable bonds is 9. The van der Waals surface area contributed by atoms with Crippen LogP contribution in [-0.2, 0) is 29.2 Å². The van der Waals surface area contributed by atoms with Crippen LogP contribution in [0, 0.1) is 0 Å². The van der Waals surface area contributed by atoms with Gasteiger partial charge in [-0.15, -0.1) is 0 Å². The van der Waals surface area contributed by atoms with Crippen molar-refractivity contribution in [1.82, 2.24) is 4.90 Å². The smallest absolute Gasteiger partial charge is 0.184 e. The lowest BCUT2D eigenvalue weighted by Gasteiger charge is -2.38. The normalized spacial score (nSPS) is 19.5. The van der Waals surface area contributed by atoms with Crippen molar-refractivity contribution in [3.05, 3.63) is 131 Å². The first kappa shape index (κ1) is 26.3. The first-order chi connectivity index (χ1) is 18.6. The van der Waals surface area contributed by atoms with E-state index in [0.29, 0.717) is 6.54 Å². The Bertz CT molecular complexity index is 1310. The molecule has 4 aromatic carbocycles. The Kier molecular flexibility index (Phi) is 8.64. The van der Waals surface area contributed by atoms with Crippen LogP contribution in [0.3, 0.4) is 0 Å². The largest absolute Gasteiger partial charge is 0.392 e. The van der Waals surface area contributed by atoms with E-state index >= 15 is 0 Å². The Balaban J connectivity index is 1.39. The van der Waals surface area contributed by atoms with Gasteiger partial charge in [0.05, 0.1) is 18.8 Å². The van der Waals surface area contributed by atoms with Crippen molar-refractivity contribution in [2.24, 2.45) is 5.73 Å². The van der Waals surface area contributed by atoms with Crippen LogP contribution in [0.5, 0.6) is 0 Å². The second-order valence-electron chi connectivity index (χ2n) is 10.1. The zero-order valence-corrected chi connectivity index (χ0v) is 21.9. The van der Waals surface area contributed by atoms with Crippen LogP contribution in [0.25, 0.3) is 11.1 Å². The highest BCUT2D eigenvalue weighted by Crippen LogP contribution is 2.39. The molecular formula is C33H36N2O3. The molecule has 0 saturated carbocycles. The van der Waals surface area contributed by atoms with Crippen molar-refractivity contribution in [1.29, 1.82) is 0 Å². The summed E-state index contributed by atoms with van der Waals surface area (Å²) in [5, 5.41) is 9.48. The van der Waals surface area contributed by atoms with E-state index in [1.807, 2.05) is 30.3 Å². The lowest BCUT2D eigenvalue weighted by molar-refractivity contribution is -0.252. The fourth-order valence-corrected chi connectivity index (χ4v) is 5.08. The number of ether oxygens (including phenoxy) is 2. The fraction of sp³-hybridized carbons (Fsp3) is 0.273. The predicted octanol–water partition coefficient (Wildman–Crippen LogP) is 5.98. The van der Waals surface area contributed by atoms with Crippen LogP contribution >= 0.6 is 0 Å². The minimum Gasteiger partial charge on any atom is -0.392 e. The average molecular weight is 509 g/mol. The summed E-state index contributed by atoms with van der Waals surface area (Å²) < 4.78 is 13.2. The molecule has 196 valence electrons. The van der Waals surface area contributed by atoms with Gasteiger partial charge < -0.3 is 20.3 Å². The molecule has 0 aromatic heterocycles. The first-order valence-electron chi connectivity index (χ1n) is 13.2. The Morgan fingerprint density at radius 3 is 2.21 bits per heavy atom. The molecule has 1 saturated heterocycles. The second kappa shape index (κ2) is 12.5. The number of likely N-dealkylation sites (N-methyl/N-ethyl adjacent to an activating group) is 1. The standard InChI is InChI=1S/C33H36N2O3/c1-35(21-24-7-3-2-4-8-24)22-31-19-32(27-15-13-25(23-36)14-16-27)38-33(37-31)30-12-6-11-29(18-30)28-10-5-9-26(17-28)20-34/h2-18,31-33,36H,19-23,34H2,1H3/t31-,32+,33+/m0/s1.